The zero-order valence-corrected chi connectivity index (χ0v) is 6.65. The van der Waals surface area contributed by atoms with Gasteiger partial charge in [0.25, 0.3) is 0 Å². The molecule has 0 N–H and O–H groups in total. The number of hydrogen-bond donors (Lipinski definition) is 0. The summed E-state index contributed by atoms with van der Waals surface area (Å²) < 4.78 is 1.09. The number of thiophene rings is 1. The van der Waals surface area contributed by atoms with Gasteiger partial charge in [-0.3, -0.25) is 4.79 Å². The summed E-state index contributed by atoms with van der Waals surface area (Å²) in [6.45, 7) is 2.06. The minimum absolute atomic E-state index is 0.812. The molecule has 1 rings (SSSR count). The lowest BCUT2D eigenvalue weighted by molar-refractivity contribution is 0.112. The molecule has 0 amide bonds. The number of carbonyl (C=O) groups is 1. The van der Waals surface area contributed by atoms with Crippen molar-refractivity contribution < 1.29 is 4.79 Å². The summed E-state index contributed by atoms with van der Waals surface area (Å²) in [6, 6.07) is 1.85. The van der Waals surface area contributed by atoms with E-state index in [1.54, 1.807) is 11.3 Å². The van der Waals surface area contributed by atoms with Gasteiger partial charge in [-0.05, 0) is 16.2 Å². The van der Waals surface area contributed by atoms with Gasteiger partial charge in [0, 0.05) is 5.56 Å². The predicted octanol–water partition coefficient (Wildman–Crippen LogP) is 1.33. The van der Waals surface area contributed by atoms with E-state index in [-0.39, 0.29) is 0 Å². The summed E-state index contributed by atoms with van der Waals surface area (Å²) in [5.74, 6) is 0. The van der Waals surface area contributed by atoms with Crippen LogP contribution in [-0.2, 0) is 0 Å². The fourth-order valence-electron chi connectivity index (χ4n) is 0.780. The van der Waals surface area contributed by atoms with Gasteiger partial charge in [-0.25, -0.2) is 0 Å². The molecule has 0 aliphatic carbocycles. The molecule has 1 aromatic rings. The van der Waals surface area contributed by atoms with Crippen LogP contribution >= 0.6 is 11.3 Å². The van der Waals surface area contributed by atoms with Crippen LogP contribution in [0.4, 0.5) is 0 Å². The van der Waals surface area contributed by atoms with Gasteiger partial charge in [0.1, 0.15) is 6.29 Å². The fraction of sp³-hybridized carbons (Fsp3) is 0.286. The molecular formula is C7H8BOS. The number of carbonyl (C=O) groups excluding carboxylic acids is 1. The second kappa shape index (κ2) is 3.57. The molecule has 1 nitrogen and oxygen atoms in total. The van der Waals surface area contributed by atoms with E-state index in [0.717, 1.165) is 22.9 Å². The molecule has 1 aromatic heterocycles. The molecule has 0 atom stereocenters. The Balaban J connectivity index is 2.79. The van der Waals surface area contributed by atoms with Crippen LogP contribution in [0.25, 0.3) is 0 Å². The molecule has 10 heavy (non-hydrogen) atoms. The molecular weight excluding hydrogens is 143 g/mol. The van der Waals surface area contributed by atoms with Gasteiger partial charge in [-0.2, -0.15) is 11.3 Å². The van der Waals surface area contributed by atoms with Gasteiger partial charge >= 0.3 is 0 Å². The fourth-order valence-corrected chi connectivity index (χ4v) is 1.66. The third kappa shape index (κ3) is 1.48. The summed E-state index contributed by atoms with van der Waals surface area (Å²) in [5, 5.41) is 1.94. The standard InChI is InChI=1S/C7H8BOS/c1-2-8-7-6(5-9)3-4-10-7/h3-5H,2H2,1H3. The largest absolute Gasteiger partial charge is 0.298 e. The van der Waals surface area contributed by atoms with Crippen molar-refractivity contribution in [1.82, 2.24) is 0 Å². The predicted molar refractivity (Wildman–Crippen MR) is 45.6 cm³/mol. The van der Waals surface area contributed by atoms with Gasteiger partial charge in [0.05, 0.1) is 0 Å². The molecule has 0 aliphatic rings. The van der Waals surface area contributed by atoms with E-state index in [9.17, 15) is 4.79 Å². The second-order valence-electron chi connectivity index (χ2n) is 1.97. The summed E-state index contributed by atoms with van der Waals surface area (Å²) in [4.78, 5) is 10.3. The molecule has 0 spiro atoms. The van der Waals surface area contributed by atoms with Crippen molar-refractivity contribution in [3.8, 4) is 0 Å². The third-order valence-electron chi connectivity index (χ3n) is 1.24. The average Bonchev–Trinajstić information content (AvgIpc) is 2.36. The van der Waals surface area contributed by atoms with E-state index in [1.165, 1.54) is 0 Å². The van der Waals surface area contributed by atoms with Gasteiger partial charge in [-0.15, -0.1) is 0 Å². The minimum atomic E-state index is 0.812. The van der Waals surface area contributed by atoms with E-state index in [0.29, 0.717) is 0 Å². The average molecular weight is 151 g/mol. The van der Waals surface area contributed by atoms with Crippen molar-refractivity contribution in [2.75, 3.05) is 0 Å². The van der Waals surface area contributed by atoms with Gasteiger partial charge in [0.2, 0.25) is 0 Å². The third-order valence-corrected chi connectivity index (χ3v) is 2.17. The Morgan fingerprint density at radius 2 is 2.60 bits per heavy atom. The van der Waals surface area contributed by atoms with Crippen LogP contribution in [0, 0.1) is 0 Å². The van der Waals surface area contributed by atoms with Crippen LogP contribution in [-0.4, -0.2) is 13.6 Å². The van der Waals surface area contributed by atoms with Crippen LogP contribution < -0.4 is 4.78 Å². The highest BCUT2D eigenvalue weighted by Gasteiger charge is 2.01. The Morgan fingerprint density at radius 1 is 1.80 bits per heavy atom. The van der Waals surface area contributed by atoms with Crippen molar-refractivity contribution in [3.63, 3.8) is 0 Å². The molecule has 0 saturated heterocycles. The lowest BCUT2D eigenvalue weighted by atomic mass is 9.72. The maximum atomic E-state index is 10.3. The molecule has 3 heteroatoms. The van der Waals surface area contributed by atoms with Gasteiger partial charge < -0.3 is 0 Å². The first kappa shape index (κ1) is 7.54. The van der Waals surface area contributed by atoms with Crippen LogP contribution in [0.5, 0.6) is 0 Å². The highest BCUT2D eigenvalue weighted by molar-refractivity contribution is 7.20. The van der Waals surface area contributed by atoms with Crippen molar-refractivity contribution >= 4 is 29.7 Å². The first-order chi connectivity index (χ1) is 4.88. The minimum Gasteiger partial charge on any atom is -0.298 e. The van der Waals surface area contributed by atoms with Crippen molar-refractivity contribution in [1.29, 1.82) is 0 Å². The second-order valence-corrected chi connectivity index (χ2v) is 2.92. The Labute approximate surface area is 65.3 Å². The van der Waals surface area contributed by atoms with Gasteiger partial charge in [-0.1, -0.05) is 13.2 Å². The monoisotopic (exact) mass is 151 g/mol. The lowest BCUT2D eigenvalue weighted by Crippen LogP contribution is -2.12. The van der Waals surface area contributed by atoms with Crippen LogP contribution in [0.1, 0.15) is 17.3 Å². The quantitative estimate of drug-likeness (QED) is 0.470. The maximum Gasteiger partial charge on any atom is 0.166 e. The molecule has 0 aliphatic heterocycles. The summed E-state index contributed by atoms with van der Waals surface area (Å²) >= 11 is 1.61. The van der Waals surface area contributed by atoms with Gasteiger partial charge in [0.15, 0.2) is 7.28 Å². The van der Waals surface area contributed by atoms with E-state index in [1.807, 2.05) is 11.4 Å². The number of aldehydes is 1. The highest BCUT2D eigenvalue weighted by Crippen LogP contribution is 2.00. The maximum absolute atomic E-state index is 10.3. The van der Waals surface area contributed by atoms with Crippen LogP contribution in [0.2, 0.25) is 6.32 Å². The van der Waals surface area contributed by atoms with E-state index in [2.05, 4.69) is 14.2 Å². The molecule has 51 valence electrons. The van der Waals surface area contributed by atoms with Crippen molar-refractivity contribution in [2.24, 2.45) is 0 Å². The first-order valence-corrected chi connectivity index (χ1v) is 4.12. The number of hydrogen-bond acceptors (Lipinski definition) is 2. The van der Waals surface area contributed by atoms with E-state index in [4.69, 9.17) is 0 Å². The molecule has 0 bridgehead atoms. The zero-order chi connectivity index (χ0) is 7.40. The van der Waals surface area contributed by atoms with Crippen LogP contribution in [0.3, 0.4) is 0 Å². The molecule has 0 fully saturated rings. The number of rotatable bonds is 3. The first-order valence-electron chi connectivity index (χ1n) is 3.24. The normalized spacial score (nSPS) is 9.30. The van der Waals surface area contributed by atoms with E-state index < -0.39 is 0 Å². The Hall–Kier alpha value is -0.565. The summed E-state index contributed by atoms with van der Waals surface area (Å²) in [6.07, 6.45) is 1.89. The highest BCUT2D eigenvalue weighted by atomic mass is 32.1. The van der Waals surface area contributed by atoms with Crippen molar-refractivity contribution in [3.05, 3.63) is 17.0 Å². The Morgan fingerprint density at radius 3 is 3.20 bits per heavy atom. The lowest BCUT2D eigenvalue weighted by Gasteiger charge is -1.89. The zero-order valence-electron chi connectivity index (χ0n) is 5.83. The topological polar surface area (TPSA) is 17.1 Å². The summed E-state index contributed by atoms with van der Waals surface area (Å²) in [5.41, 5.74) is 0.812. The Bertz CT molecular complexity index is 219. The Kier molecular flexibility index (Phi) is 2.69. The van der Waals surface area contributed by atoms with Crippen molar-refractivity contribution in [2.45, 2.75) is 13.2 Å². The molecule has 0 unspecified atom stereocenters. The molecule has 0 saturated carbocycles. The smallest absolute Gasteiger partial charge is 0.166 e. The summed E-state index contributed by atoms with van der Waals surface area (Å²) in [7, 11) is 2.06. The molecule has 1 heterocycles. The SMILES string of the molecule is CC[B]c1sccc1C=O. The van der Waals surface area contributed by atoms with Crippen LogP contribution in [0.15, 0.2) is 11.4 Å². The van der Waals surface area contributed by atoms with E-state index >= 15 is 0 Å². The molecule has 0 aromatic carbocycles. The molecule has 1 radical (unpaired) electrons.